The lowest BCUT2D eigenvalue weighted by atomic mass is 9.97. The number of fused-ring (bicyclic) bond motifs is 1. The van der Waals surface area contributed by atoms with E-state index in [1.807, 2.05) is 25.5 Å². The number of carbonyl (C=O) groups is 2. The van der Waals surface area contributed by atoms with E-state index >= 15 is 0 Å². The molecule has 1 heterocycles. The zero-order valence-corrected chi connectivity index (χ0v) is 11.9. The maximum Gasteiger partial charge on any atom is 0.316 e. The van der Waals surface area contributed by atoms with Gasteiger partial charge in [0, 0.05) is 5.69 Å². The van der Waals surface area contributed by atoms with Crippen molar-refractivity contribution in [2.45, 2.75) is 45.6 Å². The van der Waals surface area contributed by atoms with Gasteiger partial charge in [0.05, 0.1) is 24.4 Å². The van der Waals surface area contributed by atoms with Crippen LogP contribution in [0.2, 0.25) is 0 Å². The molecule has 0 N–H and O–H groups in total. The second-order valence-electron chi connectivity index (χ2n) is 5.92. The van der Waals surface area contributed by atoms with Crippen molar-refractivity contribution in [2.24, 2.45) is 5.92 Å². The number of ether oxygens (including phenoxy) is 1. The van der Waals surface area contributed by atoms with Gasteiger partial charge in [-0.2, -0.15) is 5.10 Å². The molecule has 104 valence electrons. The molecule has 0 spiro atoms. The average molecular weight is 264 g/mol. The van der Waals surface area contributed by atoms with Crippen molar-refractivity contribution in [3.8, 4) is 0 Å². The molecule has 1 aromatic rings. The van der Waals surface area contributed by atoms with Gasteiger partial charge in [-0.05, 0) is 40.0 Å². The summed E-state index contributed by atoms with van der Waals surface area (Å²) in [5.41, 5.74) is 1.34. The van der Waals surface area contributed by atoms with Gasteiger partial charge in [0.2, 0.25) is 0 Å². The highest BCUT2D eigenvalue weighted by Crippen LogP contribution is 2.28. The number of hydrogen-bond donors (Lipinski definition) is 0. The van der Waals surface area contributed by atoms with Crippen molar-refractivity contribution < 1.29 is 14.3 Å². The number of methoxy groups -OCH3 is 1. The van der Waals surface area contributed by atoms with Gasteiger partial charge in [-0.15, -0.1) is 0 Å². The fraction of sp³-hybridized carbons (Fsp3) is 0.643. The first-order chi connectivity index (χ1) is 8.86. The molecule has 5 nitrogen and oxygen atoms in total. The second-order valence-corrected chi connectivity index (χ2v) is 5.92. The van der Waals surface area contributed by atoms with Crippen molar-refractivity contribution in [1.29, 1.82) is 0 Å². The molecule has 19 heavy (non-hydrogen) atoms. The summed E-state index contributed by atoms with van der Waals surface area (Å²) in [5.74, 6) is -1.28. The van der Waals surface area contributed by atoms with Crippen LogP contribution >= 0.6 is 0 Å². The smallest absolute Gasteiger partial charge is 0.316 e. The van der Waals surface area contributed by atoms with Crippen LogP contribution in [-0.4, -0.2) is 28.6 Å². The number of carbonyl (C=O) groups excluding carboxylic acids is 2. The predicted octanol–water partition coefficient (Wildman–Crippen LogP) is 1.95. The molecule has 5 heteroatoms. The molecular formula is C14H20N2O3. The summed E-state index contributed by atoms with van der Waals surface area (Å²) in [6.45, 7) is 6.15. The lowest BCUT2D eigenvalue weighted by molar-refractivity contribution is -0.143. The van der Waals surface area contributed by atoms with Crippen LogP contribution < -0.4 is 0 Å². The monoisotopic (exact) mass is 264 g/mol. The van der Waals surface area contributed by atoms with E-state index in [0.717, 1.165) is 18.5 Å². The fourth-order valence-electron chi connectivity index (χ4n) is 2.56. The Kier molecular flexibility index (Phi) is 3.47. The number of esters is 1. The third kappa shape index (κ3) is 2.41. The second kappa shape index (κ2) is 4.79. The predicted molar refractivity (Wildman–Crippen MR) is 70.0 cm³/mol. The molecule has 1 aliphatic rings. The Morgan fingerprint density at radius 2 is 2.16 bits per heavy atom. The molecule has 1 atom stereocenters. The lowest BCUT2D eigenvalue weighted by Gasteiger charge is -2.22. The minimum absolute atomic E-state index is 0.158. The molecule has 0 bridgehead atoms. The summed E-state index contributed by atoms with van der Waals surface area (Å²) in [7, 11) is 1.32. The summed E-state index contributed by atoms with van der Waals surface area (Å²) in [5, 5.41) is 4.32. The first kappa shape index (κ1) is 13.8. The van der Waals surface area contributed by atoms with E-state index in [-0.39, 0.29) is 11.3 Å². The number of rotatable bonds is 1. The number of Topliss-reactive ketones (excluding diaryl/α,β-unsaturated/α-hetero) is 1. The Morgan fingerprint density at radius 1 is 1.47 bits per heavy atom. The van der Waals surface area contributed by atoms with Gasteiger partial charge in [-0.25, -0.2) is 0 Å². The van der Waals surface area contributed by atoms with Crippen LogP contribution in [0.15, 0.2) is 6.20 Å². The van der Waals surface area contributed by atoms with Gasteiger partial charge in [-0.1, -0.05) is 0 Å². The van der Waals surface area contributed by atoms with E-state index in [1.54, 1.807) is 6.20 Å². The van der Waals surface area contributed by atoms with Crippen LogP contribution in [0, 0.1) is 5.92 Å². The summed E-state index contributed by atoms with van der Waals surface area (Å²) >= 11 is 0. The summed E-state index contributed by atoms with van der Waals surface area (Å²) in [4.78, 5) is 24.1. The molecule has 0 saturated heterocycles. The first-order valence-corrected chi connectivity index (χ1v) is 6.55. The molecule has 2 rings (SSSR count). The Hall–Kier alpha value is -1.65. The number of nitrogens with zero attached hydrogens (tertiary/aromatic N) is 2. The lowest BCUT2D eigenvalue weighted by Crippen LogP contribution is -2.26. The highest BCUT2D eigenvalue weighted by atomic mass is 16.5. The molecule has 1 aliphatic carbocycles. The third-order valence-corrected chi connectivity index (χ3v) is 3.48. The molecule has 0 saturated carbocycles. The van der Waals surface area contributed by atoms with Gasteiger partial charge >= 0.3 is 5.97 Å². The van der Waals surface area contributed by atoms with Crippen LogP contribution in [-0.2, 0) is 21.5 Å². The summed E-state index contributed by atoms with van der Waals surface area (Å²) in [6, 6.07) is 0. The number of hydrogen-bond acceptors (Lipinski definition) is 4. The van der Waals surface area contributed by atoms with Crippen molar-refractivity contribution in [3.63, 3.8) is 0 Å². The van der Waals surface area contributed by atoms with E-state index in [4.69, 9.17) is 4.74 Å². The topological polar surface area (TPSA) is 61.2 Å². The summed E-state index contributed by atoms with van der Waals surface area (Å²) in [6.07, 6.45) is 3.70. The largest absolute Gasteiger partial charge is 0.468 e. The Labute approximate surface area is 112 Å². The minimum atomic E-state index is -0.677. The van der Waals surface area contributed by atoms with Gasteiger partial charge in [0.15, 0.2) is 5.78 Å². The number of aromatic nitrogens is 2. The molecule has 0 amide bonds. The zero-order chi connectivity index (χ0) is 14.2. The van der Waals surface area contributed by atoms with Gasteiger partial charge < -0.3 is 4.74 Å². The highest BCUT2D eigenvalue weighted by Gasteiger charge is 2.35. The Morgan fingerprint density at radius 3 is 2.74 bits per heavy atom. The van der Waals surface area contributed by atoms with Crippen LogP contribution in [0.5, 0.6) is 0 Å². The van der Waals surface area contributed by atoms with Gasteiger partial charge in [0.1, 0.15) is 5.92 Å². The van der Waals surface area contributed by atoms with Gasteiger partial charge in [-0.3, -0.25) is 14.3 Å². The minimum Gasteiger partial charge on any atom is -0.468 e. The fourth-order valence-corrected chi connectivity index (χ4v) is 2.56. The van der Waals surface area contributed by atoms with E-state index in [0.29, 0.717) is 12.0 Å². The molecule has 0 fully saturated rings. The zero-order valence-electron chi connectivity index (χ0n) is 11.9. The molecule has 0 aliphatic heterocycles. The normalized spacial score (nSPS) is 19.8. The number of ketones is 1. The first-order valence-electron chi connectivity index (χ1n) is 6.55. The van der Waals surface area contributed by atoms with E-state index < -0.39 is 11.9 Å². The third-order valence-electron chi connectivity index (χ3n) is 3.48. The van der Waals surface area contributed by atoms with Crippen LogP contribution in [0.3, 0.4) is 0 Å². The maximum atomic E-state index is 12.4. The van der Waals surface area contributed by atoms with Crippen LogP contribution in [0.25, 0.3) is 0 Å². The maximum absolute atomic E-state index is 12.4. The van der Waals surface area contributed by atoms with Crippen molar-refractivity contribution in [2.75, 3.05) is 7.11 Å². The quantitative estimate of drug-likeness (QED) is 0.442. The standard InChI is InChI=1S/C14H20N2O3/c1-14(2,3)16-11-7-5-6-9(13(18)19-4)12(17)10(11)8-15-16/h8-9H,5-7H2,1-4H3. The Bertz CT molecular complexity index is 511. The average Bonchev–Trinajstić information content (AvgIpc) is 2.70. The van der Waals surface area contributed by atoms with Crippen LogP contribution in [0.1, 0.15) is 49.7 Å². The summed E-state index contributed by atoms with van der Waals surface area (Å²) < 4.78 is 6.61. The van der Waals surface area contributed by atoms with E-state index in [2.05, 4.69) is 5.10 Å². The van der Waals surface area contributed by atoms with Crippen molar-refractivity contribution in [1.82, 2.24) is 9.78 Å². The molecule has 1 aromatic heterocycles. The van der Waals surface area contributed by atoms with Gasteiger partial charge in [0.25, 0.3) is 0 Å². The van der Waals surface area contributed by atoms with E-state index in [9.17, 15) is 9.59 Å². The Balaban J connectivity index is 2.43. The highest BCUT2D eigenvalue weighted by molar-refractivity contribution is 6.09. The molecule has 0 aromatic carbocycles. The van der Waals surface area contributed by atoms with Crippen LogP contribution in [0.4, 0.5) is 0 Å². The van der Waals surface area contributed by atoms with E-state index in [1.165, 1.54) is 7.11 Å². The molecule has 1 unspecified atom stereocenters. The SMILES string of the molecule is COC(=O)C1CCCc2c(cnn2C(C)(C)C)C1=O. The van der Waals surface area contributed by atoms with Crippen molar-refractivity contribution in [3.05, 3.63) is 17.5 Å². The molecule has 0 radical (unpaired) electrons. The molecular weight excluding hydrogens is 244 g/mol. The van der Waals surface area contributed by atoms with Crippen molar-refractivity contribution >= 4 is 11.8 Å².